The number of para-hydroxylation sites is 4. The number of thiazole rings is 2. The first kappa shape index (κ1) is 34.6. The molecule has 56 heavy (non-hydrogen) atoms. The van der Waals surface area contributed by atoms with E-state index >= 15 is 0 Å². The number of fused-ring (bicyclic) bond motifs is 4. The summed E-state index contributed by atoms with van der Waals surface area (Å²) >= 11 is 3.53. The van der Waals surface area contributed by atoms with Crippen LogP contribution in [0, 0.1) is 27.7 Å². The van der Waals surface area contributed by atoms with Crippen molar-refractivity contribution in [2.45, 2.75) is 47.0 Å². The van der Waals surface area contributed by atoms with Gasteiger partial charge in [0.05, 0.1) is 31.8 Å². The molecule has 0 saturated carbocycles. The van der Waals surface area contributed by atoms with Crippen molar-refractivity contribution in [2.75, 3.05) is 4.90 Å². The third kappa shape index (κ3) is 5.44. The molecule has 272 valence electrons. The van der Waals surface area contributed by atoms with Crippen molar-refractivity contribution in [3.8, 4) is 43.4 Å². The molecule has 0 unspecified atom stereocenters. The van der Waals surface area contributed by atoms with Gasteiger partial charge in [0.25, 0.3) is 0 Å². The molecule has 0 saturated heterocycles. The zero-order valence-corrected chi connectivity index (χ0v) is 34.1. The van der Waals surface area contributed by atoms with Gasteiger partial charge in [0.2, 0.25) is 0 Å². The second-order valence-electron chi connectivity index (χ2n) is 15.6. The van der Waals surface area contributed by atoms with Crippen LogP contribution in [0.5, 0.6) is 0 Å². The minimum atomic E-state index is -0.140. The summed E-state index contributed by atoms with van der Waals surface area (Å²) in [5, 5.41) is 2.13. The lowest BCUT2D eigenvalue weighted by molar-refractivity contribution is 0.632. The number of rotatable bonds is 5. The molecule has 1 aliphatic heterocycles. The minimum absolute atomic E-state index is 0.140. The van der Waals surface area contributed by atoms with Crippen molar-refractivity contribution in [1.82, 2.24) is 9.97 Å². The van der Waals surface area contributed by atoms with Crippen LogP contribution in [-0.2, 0) is 5.41 Å². The maximum absolute atomic E-state index is 5.04. The van der Waals surface area contributed by atoms with Crippen LogP contribution in [0.2, 0.25) is 0 Å². The van der Waals surface area contributed by atoms with E-state index in [2.05, 4.69) is 186 Å². The molecular weight excluding hydrogens is 719 g/mol. The van der Waals surface area contributed by atoms with Crippen LogP contribution in [0.3, 0.4) is 0 Å². The second kappa shape index (κ2) is 13.1. The normalized spacial score (nSPS) is 13.3. The largest absolute Gasteiger partial charge is 0.310 e. The average Bonchev–Trinajstić information content (AvgIpc) is 3.85. The van der Waals surface area contributed by atoms with Crippen molar-refractivity contribution < 1.29 is 0 Å². The summed E-state index contributed by atoms with van der Waals surface area (Å²) < 4.78 is 2.43. The molecule has 0 fully saturated rings. The first-order chi connectivity index (χ1) is 27.2. The van der Waals surface area contributed by atoms with Gasteiger partial charge in [0.15, 0.2) is 0 Å². The van der Waals surface area contributed by atoms with Gasteiger partial charge in [-0.1, -0.05) is 98.8 Å². The molecule has 1 aliphatic rings. The van der Waals surface area contributed by atoms with E-state index < -0.39 is 0 Å². The van der Waals surface area contributed by atoms with Gasteiger partial charge in [0, 0.05) is 22.2 Å². The van der Waals surface area contributed by atoms with E-state index in [1.807, 2.05) is 0 Å². The van der Waals surface area contributed by atoms with Crippen LogP contribution in [-0.4, -0.2) is 9.97 Å². The maximum Gasteiger partial charge on any atom is 0.124 e. The number of hydrogen-bond acceptors (Lipinski definition) is 5. The molecule has 0 spiro atoms. The van der Waals surface area contributed by atoms with E-state index in [4.69, 9.17) is 9.97 Å². The van der Waals surface area contributed by atoms with E-state index in [0.717, 1.165) is 26.7 Å². The van der Waals surface area contributed by atoms with Crippen LogP contribution in [0.4, 0.5) is 17.1 Å². The van der Waals surface area contributed by atoms with E-state index in [1.54, 1.807) is 22.7 Å². The van der Waals surface area contributed by atoms with Crippen LogP contribution < -0.4 is 4.90 Å². The lowest BCUT2D eigenvalue weighted by Gasteiger charge is -2.42. The molecule has 0 aliphatic carbocycles. The Morgan fingerprint density at radius 3 is 1.30 bits per heavy atom. The topological polar surface area (TPSA) is 29.0 Å². The van der Waals surface area contributed by atoms with Crippen molar-refractivity contribution in [1.29, 1.82) is 0 Å². The van der Waals surface area contributed by atoms with Crippen molar-refractivity contribution >= 4 is 60.2 Å². The molecule has 3 heterocycles. The Kier molecular flexibility index (Phi) is 8.10. The van der Waals surface area contributed by atoms with Gasteiger partial charge in [-0.25, -0.2) is 9.97 Å². The Balaban J connectivity index is 1.18. The third-order valence-corrected chi connectivity index (χ3v) is 14.2. The van der Waals surface area contributed by atoms with Gasteiger partial charge in [0.1, 0.15) is 10.0 Å². The van der Waals surface area contributed by atoms with Gasteiger partial charge in [-0.05, 0) is 138 Å². The van der Waals surface area contributed by atoms with Gasteiger partial charge in [-0.2, -0.15) is 0 Å². The molecule has 9 aromatic rings. The van der Waals surface area contributed by atoms with E-state index in [1.165, 1.54) is 87.5 Å². The smallest absolute Gasteiger partial charge is 0.124 e. The quantitative estimate of drug-likeness (QED) is 0.175. The number of aromatic nitrogens is 2. The fourth-order valence-corrected chi connectivity index (χ4v) is 10.8. The number of benzene rings is 7. The molecule has 0 amide bonds. The average molecular weight is 760 g/mol. The summed E-state index contributed by atoms with van der Waals surface area (Å²) in [4.78, 5) is 12.6. The molecule has 2 aromatic heterocycles. The lowest BCUT2D eigenvalue weighted by Crippen LogP contribution is -2.30. The van der Waals surface area contributed by atoms with E-state index in [0.29, 0.717) is 0 Å². The Labute approximate surface area is 336 Å². The van der Waals surface area contributed by atoms with Crippen molar-refractivity contribution in [2.24, 2.45) is 0 Å². The van der Waals surface area contributed by atoms with Gasteiger partial charge >= 0.3 is 0 Å². The van der Waals surface area contributed by atoms with Gasteiger partial charge in [-0.3, -0.25) is 0 Å². The Morgan fingerprint density at radius 2 is 0.839 bits per heavy atom. The summed E-state index contributed by atoms with van der Waals surface area (Å²) in [5.41, 5.74) is 20.5. The monoisotopic (exact) mass is 759 g/mol. The summed E-state index contributed by atoms with van der Waals surface area (Å²) in [6.45, 7) is 13.7. The standard InChI is InChI=1S/C51H41N3S2/c1-30-32(3)39(49-52-43-17-9-13-21-47(43)55-49)25-23-37(30)34-27-35(38-24-26-40(33(4)31(38)2)50-53-44-18-10-14-22-48(44)56-50)29-36(28-34)54-45-19-11-7-15-41(45)51(5,6)42-16-8-12-20-46(42)54/h7-29H,1-6H3. The first-order valence-electron chi connectivity index (χ1n) is 19.2. The second-order valence-corrected chi connectivity index (χ2v) is 17.6. The molecule has 0 atom stereocenters. The highest BCUT2D eigenvalue weighted by Gasteiger charge is 2.36. The number of hydrogen-bond donors (Lipinski definition) is 0. The SMILES string of the molecule is Cc1c(-c2cc(-c3ccc(-c4nc5ccccc5s4)c(C)c3C)cc(N3c4ccccc4C(C)(C)c4ccccc43)c2)ccc(-c2nc3ccccc3s2)c1C. The Hall–Kier alpha value is -5.88. The maximum atomic E-state index is 5.04. The molecule has 0 radical (unpaired) electrons. The fraction of sp³-hybridized carbons (Fsp3) is 0.137. The van der Waals surface area contributed by atoms with Crippen LogP contribution >= 0.6 is 22.7 Å². The predicted octanol–water partition coefficient (Wildman–Crippen LogP) is 14.9. The lowest BCUT2D eigenvalue weighted by atomic mass is 9.73. The molecule has 5 heteroatoms. The van der Waals surface area contributed by atoms with E-state index in [9.17, 15) is 0 Å². The Morgan fingerprint density at radius 1 is 0.446 bits per heavy atom. The molecular formula is C51H41N3S2. The van der Waals surface area contributed by atoms with Crippen LogP contribution in [0.1, 0.15) is 47.2 Å². The molecule has 0 N–H and O–H groups in total. The highest BCUT2D eigenvalue weighted by molar-refractivity contribution is 7.22. The summed E-state index contributed by atoms with van der Waals surface area (Å²) in [6, 6.07) is 51.0. The van der Waals surface area contributed by atoms with Crippen LogP contribution in [0.15, 0.2) is 140 Å². The molecule has 3 nitrogen and oxygen atoms in total. The third-order valence-electron chi connectivity index (χ3n) is 12.1. The van der Waals surface area contributed by atoms with Gasteiger partial charge < -0.3 is 4.90 Å². The highest BCUT2D eigenvalue weighted by Crippen LogP contribution is 2.53. The van der Waals surface area contributed by atoms with E-state index in [-0.39, 0.29) is 5.41 Å². The summed E-state index contributed by atoms with van der Waals surface area (Å²) in [5.74, 6) is 0. The fourth-order valence-electron chi connectivity index (χ4n) is 8.70. The predicted molar refractivity (Wildman–Crippen MR) is 240 cm³/mol. The zero-order valence-electron chi connectivity index (χ0n) is 32.4. The van der Waals surface area contributed by atoms with Gasteiger partial charge in [-0.15, -0.1) is 22.7 Å². The minimum Gasteiger partial charge on any atom is -0.310 e. The molecule has 0 bridgehead atoms. The van der Waals surface area contributed by atoms with Crippen molar-refractivity contribution in [3.05, 3.63) is 173 Å². The number of anilines is 3. The highest BCUT2D eigenvalue weighted by atomic mass is 32.1. The number of nitrogens with zero attached hydrogens (tertiary/aromatic N) is 3. The van der Waals surface area contributed by atoms with Crippen LogP contribution in [0.25, 0.3) is 63.8 Å². The first-order valence-corrected chi connectivity index (χ1v) is 20.9. The van der Waals surface area contributed by atoms with Crippen molar-refractivity contribution in [3.63, 3.8) is 0 Å². The summed E-state index contributed by atoms with van der Waals surface area (Å²) in [7, 11) is 0. The zero-order chi connectivity index (χ0) is 38.3. The Bertz CT molecular complexity index is 2760. The molecule has 10 rings (SSSR count). The molecule has 7 aromatic carbocycles. The summed E-state index contributed by atoms with van der Waals surface area (Å²) in [6.07, 6.45) is 0.